The second-order valence-electron chi connectivity index (χ2n) is 26.7. The van der Waals surface area contributed by atoms with Gasteiger partial charge in [0.15, 0.2) is 0 Å². The summed E-state index contributed by atoms with van der Waals surface area (Å²) in [4.78, 5) is 39.1. The van der Waals surface area contributed by atoms with E-state index in [-0.39, 0.29) is 52.6 Å². The van der Waals surface area contributed by atoms with E-state index in [0.717, 1.165) is 69.1 Å². The van der Waals surface area contributed by atoms with Gasteiger partial charge in [-0.1, -0.05) is 125 Å². The van der Waals surface area contributed by atoms with E-state index >= 15 is 0 Å². The fourth-order valence-electron chi connectivity index (χ4n) is 8.39. The number of hydrogen-bond donors (Lipinski definition) is 1. The second-order valence-corrected chi connectivity index (χ2v) is 26.7. The minimum atomic E-state index is -0.0800. The molecular weight excluding hydrogens is 1120 g/mol. The number of nitrogens with one attached hydrogen (secondary N) is 1. The smallest absolute Gasteiger partial charge is 0.136 e. The Morgan fingerprint density at radius 2 is 0.750 bits per heavy atom. The van der Waals surface area contributed by atoms with Crippen molar-refractivity contribution in [3.8, 4) is 0 Å². The first-order valence-corrected chi connectivity index (χ1v) is 26.6. The number of nitrogens with zero attached hydrogens (tertiary/aromatic N) is 11. The van der Waals surface area contributed by atoms with Gasteiger partial charge in [0.25, 0.3) is 0 Å². The predicted octanol–water partition coefficient (Wildman–Crippen LogP) is 15.3. The van der Waals surface area contributed by atoms with E-state index in [2.05, 4.69) is 270 Å². The maximum Gasteiger partial charge on any atom is 0.136 e. The van der Waals surface area contributed by atoms with Gasteiger partial charge in [-0.2, -0.15) is 78.0 Å². The molecule has 0 unspecified atom stereocenters. The predicted molar refractivity (Wildman–Crippen MR) is 312 cm³/mol. The fraction of sp³-hybridized carbons (Fsp3) is 0.476. The summed E-state index contributed by atoms with van der Waals surface area (Å²) >= 11 is 0. The van der Waals surface area contributed by atoms with Gasteiger partial charge in [0.2, 0.25) is 0 Å². The Bertz CT molecular complexity index is 2820. The summed E-state index contributed by atoms with van der Waals surface area (Å²) in [6.07, 6.45) is 5.77. The average molecular weight is 1200 g/mol. The summed E-state index contributed by atoms with van der Waals surface area (Å²) in [6, 6.07) is 29.7. The molecule has 411 valence electrons. The van der Waals surface area contributed by atoms with Crippen molar-refractivity contribution in [2.45, 2.75) is 197 Å². The van der Waals surface area contributed by atoms with Crippen molar-refractivity contribution in [2.24, 2.45) is 0 Å². The van der Waals surface area contributed by atoms with Gasteiger partial charge in [-0.3, -0.25) is 0 Å². The second kappa shape index (κ2) is 22.0. The van der Waals surface area contributed by atoms with E-state index in [9.17, 15) is 0 Å². The molecule has 13 heteroatoms. The van der Waals surface area contributed by atoms with Crippen molar-refractivity contribution in [1.29, 1.82) is 0 Å². The van der Waals surface area contributed by atoms with Crippen LogP contribution in [0.25, 0.3) is 0 Å². The number of anilines is 9. The van der Waals surface area contributed by atoms with Gasteiger partial charge in [0.1, 0.15) is 34.9 Å². The topological polar surface area (TPSA) is 106 Å². The first-order valence-electron chi connectivity index (χ1n) is 26.6. The van der Waals surface area contributed by atoms with Crippen molar-refractivity contribution < 1.29 is 20.1 Å². The van der Waals surface area contributed by atoms with E-state index in [4.69, 9.17) is 9.97 Å². The third kappa shape index (κ3) is 13.4. The number of fused-ring (bicyclic) bond motifs is 3. The van der Waals surface area contributed by atoms with Crippen molar-refractivity contribution in [1.82, 2.24) is 29.9 Å². The third-order valence-corrected chi connectivity index (χ3v) is 13.2. The molecule has 6 heterocycles. The molecule has 1 N–H and O–H groups in total. The zero-order valence-corrected chi connectivity index (χ0v) is 52.0. The number of rotatable bonds is 5. The van der Waals surface area contributed by atoms with Gasteiger partial charge in [-0.05, 0) is 56.0 Å². The first kappa shape index (κ1) is 59.6. The van der Waals surface area contributed by atoms with E-state index in [0.29, 0.717) is 12.1 Å². The molecule has 3 aliphatic heterocycles. The van der Waals surface area contributed by atoms with Crippen LogP contribution >= 0.6 is 0 Å². The van der Waals surface area contributed by atoms with Gasteiger partial charge in [-0.15, -0.1) is 48.6 Å². The van der Waals surface area contributed by atoms with Crippen LogP contribution in [0.1, 0.15) is 186 Å². The molecule has 76 heavy (non-hydrogen) atoms. The van der Waals surface area contributed by atoms with Crippen LogP contribution in [-0.4, -0.2) is 42.0 Å². The Morgan fingerprint density at radius 1 is 0.434 bits per heavy atom. The monoisotopic (exact) mass is 1200 g/mol. The van der Waals surface area contributed by atoms with E-state index in [1.807, 2.05) is 43.5 Å². The van der Waals surface area contributed by atoms with Crippen LogP contribution < -0.4 is 29.8 Å². The molecule has 0 spiro atoms. The molecule has 3 aliphatic rings. The summed E-state index contributed by atoms with van der Waals surface area (Å²) in [5, 5.41) is 3.25. The van der Waals surface area contributed by atoms with E-state index in [1.54, 1.807) is 0 Å². The Hall–Kier alpha value is -5.65. The zero-order valence-electron chi connectivity index (χ0n) is 49.6. The van der Waals surface area contributed by atoms with Crippen molar-refractivity contribution in [2.75, 3.05) is 29.8 Å². The third-order valence-electron chi connectivity index (χ3n) is 13.2. The minimum absolute atomic E-state index is 0. The molecule has 0 fully saturated rings. The van der Waals surface area contributed by atoms with Crippen molar-refractivity contribution in [3.05, 3.63) is 146 Å². The summed E-state index contributed by atoms with van der Waals surface area (Å²) < 4.78 is 0. The quantitative estimate of drug-likeness (QED) is 0.166. The summed E-state index contributed by atoms with van der Waals surface area (Å²) in [7, 11) is 0. The summed E-state index contributed by atoms with van der Waals surface area (Å²) in [6.45, 7) is 54.1. The average Bonchev–Trinajstić information content (AvgIpc) is 4.04. The molecule has 3 aromatic heterocycles. The van der Waals surface area contributed by atoms with Crippen LogP contribution in [0.4, 0.5) is 51.6 Å². The molecule has 0 amide bonds. The van der Waals surface area contributed by atoms with Gasteiger partial charge < -0.3 is 29.8 Å². The Kier molecular flexibility index (Phi) is 17.3. The van der Waals surface area contributed by atoms with Crippen LogP contribution in [0.3, 0.4) is 0 Å². The molecule has 3 aromatic carbocycles. The standard InChI is InChI=1S/2C22H30N4.C19H24N4.Ir/c2*1-15(2)25-14-26(17-11-9-10-16(12-17)21(3,4)5)18-13-23-20(22(6,7)8)24-19(18)25;1-18(2,3)13-8-7-9-14(10-13)23-12-21-16-15(23)11-20-17(22-16)19(4,5)6;/h2*9-10,12-15H,1-8H3;7-8,10-12H,1-6H3,(H,20,21,22);/q3*-2;. The number of aromatic nitrogens is 6. The first-order chi connectivity index (χ1) is 34.6. The van der Waals surface area contributed by atoms with E-state index < -0.39 is 0 Å². The largest absolute Gasteiger partial charge is 0.499 e. The normalized spacial score (nSPS) is 14.7. The SMILES string of the molecule is CC(C)(C)c1cc[c-]c(N2[CH-]Nc3nc(C(C)(C)C)ncc32)c1.CC(C)N1[CH-]N(c2[c-]ccc(C(C)(C)C)c2)c2cnc(C(C)(C)C)nc21.CC(C)N1[CH-]N(c2[c-]ccc(C(C)(C)C)c2)c2cnc(C(C)(C)C)nc21.[Ir]. The van der Waals surface area contributed by atoms with Crippen LogP contribution in [0, 0.1) is 38.2 Å². The Balaban J connectivity index is 0.000000184. The zero-order chi connectivity index (χ0) is 55.4. The maximum absolute atomic E-state index is 4.90. The van der Waals surface area contributed by atoms with Crippen molar-refractivity contribution >= 4 is 51.6 Å². The maximum atomic E-state index is 4.90. The van der Waals surface area contributed by atoms with Crippen molar-refractivity contribution in [3.63, 3.8) is 0 Å². The summed E-state index contributed by atoms with van der Waals surface area (Å²) in [5.74, 6) is 5.35. The number of hydrogen-bond acceptors (Lipinski definition) is 12. The Morgan fingerprint density at radius 3 is 1.07 bits per heavy atom. The van der Waals surface area contributed by atoms with Gasteiger partial charge >= 0.3 is 0 Å². The molecule has 1 radical (unpaired) electrons. The molecular formula is C63H84IrN12-6. The molecule has 0 bridgehead atoms. The van der Waals surface area contributed by atoms with Crippen LogP contribution in [0.5, 0.6) is 0 Å². The molecule has 0 aliphatic carbocycles. The molecule has 12 nitrogen and oxygen atoms in total. The fourth-order valence-corrected chi connectivity index (χ4v) is 8.39. The van der Waals surface area contributed by atoms with Gasteiger partial charge in [0.05, 0.1) is 35.7 Å². The molecule has 0 saturated carbocycles. The molecule has 0 saturated heterocycles. The number of benzene rings is 3. The van der Waals surface area contributed by atoms with Crippen LogP contribution in [0.15, 0.2) is 73.2 Å². The molecule has 9 rings (SSSR count). The van der Waals surface area contributed by atoms with Gasteiger partial charge in [-0.25, -0.2) is 29.9 Å². The molecule has 0 atom stereocenters. The van der Waals surface area contributed by atoms with Gasteiger partial charge in [0, 0.05) is 36.4 Å². The summed E-state index contributed by atoms with van der Waals surface area (Å²) in [5.41, 5.74) is 9.94. The molecule has 6 aromatic rings. The van der Waals surface area contributed by atoms with Crippen LogP contribution in [-0.2, 0) is 52.6 Å². The van der Waals surface area contributed by atoms with E-state index in [1.165, 1.54) is 16.7 Å². The Labute approximate surface area is 471 Å². The van der Waals surface area contributed by atoms with Crippen LogP contribution in [0.2, 0.25) is 0 Å². The minimum Gasteiger partial charge on any atom is -0.499 e.